The van der Waals surface area contributed by atoms with Gasteiger partial charge in [-0.2, -0.15) is 0 Å². The number of hydrogen-bond acceptors (Lipinski definition) is 4. The van der Waals surface area contributed by atoms with Gasteiger partial charge in [0.15, 0.2) is 0 Å². The molecular weight excluding hydrogens is 203 g/mol. The summed E-state index contributed by atoms with van der Waals surface area (Å²) < 4.78 is 0. The van der Waals surface area contributed by atoms with Crippen LogP contribution >= 0.6 is 23.5 Å². The molecular formula is C8H11BO2S2. The first kappa shape index (κ1) is 11.0. The molecule has 0 radical (unpaired) electrons. The van der Waals surface area contributed by atoms with Gasteiger partial charge < -0.3 is 10.0 Å². The van der Waals surface area contributed by atoms with Crippen LogP contribution in [0.4, 0.5) is 0 Å². The number of hydrogen-bond donors (Lipinski definition) is 2. The molecule has 0 amide bonds. The van der Waals surface area contributed by atoms with Crippen molar-refractivity contribution in [2.24, 2.45) is 0 Å². The summed E-state index contributed by atoms with van der Waals surface area (Å²) in [6.07, 6.45) is 3.88. The summed E-state index contributed by atoms with van der Waals surface area (Å²) >= 11 is 3.10. The lowest BCUT2D eigenvalue weighted by Crippen LogP contribution is -2.31. The van der Waals surface area contributed by atoms with Crippen molar-refractivity contribution in [3.8, 4) is 0 Å². The third-order valence-corrected chi connectivity index (χ3v) is 3.25. The normalized spacial score (nSPS) is 10.2. The van der Waals surface area contributed by atoms with Crippen LogP contribution in [0.3, 0.4) is 0 Å². The summed E-state index contributed by atoms with van der Waals surface area (Å²) in [6, 6.07) is 5.69. The van der Waals surface area contributed by atoms with Crippen LogP contribution in [-0.2, 0) is 0 Å². The van der Waals surface area contributed by atoms with Crippen LogP contribution < -0.4 is 5.46 Å². The fourth-order valence-corrected chi connectivity index (χ4v) is 2.09. The van der Waals surface area contributed by atoms with Gasteiger partial charge in [0.2, 0.25) is 0 Å². The third-order valence-electron chi connectivity index (χ3n) is 1.72. The second-order valence-corrected chi connectivity index (χ2v) is 4.21. The summed E-state index contributed by atoms with van der Waals surface area (Å²) in [5.41, 5.74) is 0.583. The lowest BCUT2D eigenvalue weighted by Gasteiger charge is -2.07. The highest BCUT2D eigenvalue weighted by molar-refractivity contribution is 7.99. The second-order valence-electron chi connectivity index (χ2n) is 2.48. The predicted octanol–water partition coefficient (Wildman–Crippen LogP) is 0.810. The van der Waals surface area contributed by atoms with Gasteiger partial charge in [-0.1, -0.05) is 0 Å². The fourth-order valence-electron chi connectivity index (χ4n) is 1.04. The van der Waals surface area contributed by atoms with E-state index >= 15 is 0 Å². The van der Waals surface area contributed by atoms with Gasteiger partial charge >= 0.3 is 7.12 Å². The van der Waals surface area contributed by atoms with Gasteiger partial charge in [-0.25, -0.2) is 0 Å². The number of thioether (sulfide) groups is 2. The minimum Gasteiger partial charge on any atom is -0.423 e. The van der Waals surface area contributed by atoms with Crippen LogP contribution in [0.5, 0.6) is 0 Å². The Hall–Kier alpha value is -0.0951. The number of rotatable bonds is 3. The van der Waals surface area contributed by atoms with Crippen LogP contribution in [0.25, 0.3) is 0 Å². The highest BCUT2D eigenvalue weighted by Crippen LogP contribution is 2.18. The quantitative estimate of drug-likeness (QED) is 0.577. The highest BCUT2D eigenvalue weighted by atomic mass is 32.2. The molecule has 0 saturated carbocycles. The molecule has 0 fully saturated rings. The topological polar surface area (TPSA) is 40.5 Å². The van der Waals surface area contributed by atoms with Gasteiger partial charge in [0.25, 0.3) is 0 Å². The van der Waals surface area contributed by atoms with Crippen molar-refractivity contribution in [2.45, 2.75) is 9.79 Å². The summed E-state index contributed by atoms with van der Waals surface area (Å²) in [6.45, 7) is 0. The van der Waals surface area contributed by atoms with Crippen molar-refractivity contribution >= 4 is 36.1 Å². The molecule has 70 valence electrons. The van der Waals surface area contributed by atoms with E-state index in [-0.39, 0.29) is 0 Å². The Balaban J connectivity index is 3.10. The van der Waals surface area contributed by atoms with Crippen LogP contribution in [-0.4, -0.2) is 29.7 Å². The largest absolute Gasteiger partial charge is 0.489 e. The summed E-state index contributed by atoms with van der Waals surface area (Å²) in [7, 11) is -1.38. The Morgan fingerprint density at radius 3 is 2.31 bits per heavy atom. The molecule has 1 aromatic carbocycles. The Morgan fingerprint density at radius 2 is 1.85 bits per heavy atom. The average Bonchev–Trinajstić information content (AvgIpc) is 2.16. The molecule has 2 nitrogen and oxygen atoms in total. The standard InChI is InChI=1S/C8H11BO2S2/c1-12-6-3-4-8(13-2)7(5-6)9(10)11/h3-5,10-11H,1-2H3. The van der Waals surface area contributed by atoms with Gasteiger partial charge in [-0.15, -0.1) is 23.5 Å². The van der Waals surface area contributed by atoms with E-state index in [0.29, 0.717) is 5.46 Å². The van der Waals surface area contributed by atoms with E-state index < -0.39 is 7.12 Å². The first-order chi connectivity index (χ1) is 6.19. The van der Waals surface area contributed by atoms with Crippen molar-refractivity contribution in [2.75, 3.05) is 12.5 Å². The highest BCUT2D eigenvalue weighted by Gasteiger charge is 2.15. The van der Waals surface area contributed by atoms with Gasteiger partial charge in [-0.3, -0.25) is 0 Å². The Morgan fingerprint density at radius 1 is 1.15 bits per heavy atom. The van der Waals surface area contributed by atoms with Crippen molar-refractivity contribution in [3.05, 3.63) is 18.2 Å². The Labute approximate surface area is 86.9 Å². The molecule has 0 aromatic heterocycles. The minimum atomic E-state index is -1.38. The molecule has 0 aliphatic rings. The molecule has 2 N–H and O–H groups in total. The Kier molecular flexibility index (Phi) is 4.19. The predicted molar refractivity (Wildman–Crippen MR) is 59.8 cm³/mol. The first-order valence-electron chi connectivity index (χ1n) is 3.77. The van der Waals surface area contributed by atoms with E-state index in [2.05, 4.69) is 0 Å². The second kappa shape index (κ2) is 4.95. The monoisotopic (exact) mass is 214 g/mol. The fraction of sp³-hybridized carbons (Fsp3) is 0.250. The lowest BCUT2D eigenvalue weighted by atomic mass is 9.80. The first-order valence-corrected chi connectivity index (χ1v) is 6.22. The number of benzene rings is 1. The van der Waals surface area contributed by atoms with Gasteiger partial charge in [0, 0.05) is 9.79 Å². The van der Waals surface area contributed by atoms with E-state index in [0.717, 1.165) is 9.79 Å². The van der Waals surface area contributed by atoms with Gasteiger partial charge in [0.1, 0.15) is 0 Å². The third kappa shape index (κ3) is 2.67. The molecule has 1 aromatic rings. The minimum absolute atomic E-state index is 0.583. The van der Waals surface area contributed by atoms with E-state index in [4.69, 9.17) is 10.0 Å². The Bertz CT molecular complexity index is 291. The zero-order valence-electron chi connectivity index (χ0n) is 7.52. The van der Waals surface area contributed by atoms with Crippen LogP contribution in [0.2, 0.25) is 0 Å². The zero-order valence-corrected chi connectivity index (χ0v) is 9.15. The lowest BCUT2D eigenvalue weighted by molar-refractivity contribution is 0.425. The van der Waals surface area contributed by atoms with Crippen molar-refractivity contribution in [1.82, 2.24) is 0 Å². The molecule has 0 atom stereocenters. The maximum Gasteiger partial charge on any atom is 0.489 e. The summed E-state index contributed by atoms with van der Waals surface area (Å²) in [5, 5.41) is 18.2. The van der Waals surface area contributed by atoms with E-state index in [1.54, 1.807) is 17.8 Å². The maximum absolute atomic E-state index is 9.09. The van der Waals surface area contributed by atoms with Crippen molar-refractivity contribution in [3.63, 3.8) is 0 Å². The molecule has 0 aliphatic carbocycles. The average molecular weight is 214 g/mol. The molecule has 0 aliphatic heterocycles. The van der Waals surface area contributed by atoms with Gasteiger partial charge in [-0.05, 0) is 36.2 Å². The molecule has 5 heteroatoms. The smallest absolute Gasteiger partial charge is 0.423 e. The zero-order chi connectivity index (χ0) is 9.84. The van der Waals surface area contributed by atoms with Crippen molar-refractivity contribution < 1.29 is 10.0 Å². The van der Waals surface area contributed by atoms with Crippen LogP contribution in [0.15, 0.2) is 28.0 Å². The molecule has 0 spiro atoms. The van der Waals surface area contributed by atoms with Crippen LogP contribution in [0, 0.1) is 0 Å². The summed E-state index contributed by atoms with van der Waals surface area (Å²) in [4.78, 5) is 1.95. The van der Waals surface area contributed by atoms with Crippen LogP contribution in [0.1, 0.15) is 0 Å². The molecule has 0 bridgehead atoms. The molecule has 0 saturated heterocycles. The molecule has 0 unspecified atom stereocenters. The summed E-state index contributed by atoms with van der Waals surface area (Å²) in [5.74, 6) is 0. The van der Waals surface area contributed by atoms with E-state index in [1.165, 1.54) is 11.8 Å². The van der Waals surface area contributed by atoms with E-state index in [9.17, 15) is 0 Å². The molecule has 13 heavy (non-hydrogen) atoms. The van der Waals surface area contributed by atoms with E-state index in [1.807, 2.05) is 24.6 Å². The SMILES string of the molecule is CSc1ccc(SC)c(B(O)O)c1. The maximum atomic E-state index is 9.09. The molecule has 0 heterocycles. The van der Waals surface area contributed by atoms with Crippen molar-refractivity contribution in [1.29, 1.82) is 0 Å². The van der Waals surface area contributed by atoms with Gasteiger partial charge in [0.05, 0.1) is 0 Å². The molecule has 1 rings (SSSR count).